The number of hydrogen-bond donors (Lipinski definition) is 2. The Hall–Kier alpha value is -2.21. The maximum absolute atomic E-state index is 11.4. The Morgan fingerprint density at radius 3 is 2.45 bits per heavy atom. The lowest BCUT2D eigenvalue weighted by molar-refractivity contribution is -0.111. The summed E-state index contributed by atoms with van der Waals surface area (Å²) in [6.45, 7) is 8.87. The summed E-state index contributed by atoms with van der Waals surface area (Å²) in [5.41, 5.74) is 2.20. The first-order valence-corrected chi connectivity index (χ1v) is 11.5. The molecule has 4 nitrogen and oxygen atoms in total. The summed E-state index contributed by atoms with van der Waals surface area (Å²) in [5.74, 6) is -0.180. The van der Waals surface area contributed by atoms with Gasteiger partial charge in [-0.05, 0) is 74.0 Å². The van der Waals surface area contributed by atoms with Crippen LogP contribution in [0.1, 0.15) is 25.3 Å². The number of hydrogen-bond acceptors (Lipinski definition) is 3. The van der Waals surface area contributed by atoms with Crippen molar-refractivity contribution in [3.63, 3.8) is 0 Å². The van der Waals surface area contributed by atoms with Crippen LogP contribution in [0.3, 0.4) is 0 Å². The van der Waals surface area contributed by atoms with Gasteiger partial charge >= 0.3 is 0 Å². The van der Waals surface area contributed by atoms with Crippen molar-refractivity contribution in [2.24, 2.45) is 0 Å². The van der Waals surface area contributed by atoms with E-state index in [1.807, 2.05) is 12.1 Å². The number of carbonyl (C=O) groups excluding carboxylic acids is 1. The monoisotopic (exact) mass is 409 g/mol. The second-order valence-corrected chi connectivity index (χ2v) is 9.25. The van der Waals surface area contributed by atoms with Crippen LogP contribution in [-0.2, 0) is 11.2 Å². The predicted octanol–water partition coefficient (Wildman–Crippen LogP) is 4.47. The molecule has 1 heterocycles. The van der Waals surface area contributed by atoms with Gasteiger partial charge in [0.05, 0.1) is 0 Å². The Morgan fingerprint density at radius 2 is 1.83 bits per heavy atom. The van der Waals surface area contributed by atoms with E-state index in [4.69, 9.17) is 0 Å². The van der Waals surface area contributed by atoms with Gasteiger partial charge in [0, 0.05) is 29.7 Å². The zero-order valence-corrected chi connectivity index (χ0v) is 18.0. The van der Waals surface area contributed by atoms with Crippen LogP contribution in [0, 0.1) is 0 Å². The first-order chi connectivity index (χ1) is 14.2. The van der Waals surface area contributed by atoms with Crippen LogP contribution < -0.4 is 10.6 Å². The molecule has 2 aromatic rings. The molecule has 2 aromatic carbocycles. The van der Waals surface area contributed by atoms with E-state index in [0.29, 0.717) is 6.04 Å². The molecule has 1 aliphatic heterocycles. The van der Waals surface area contributed by atoms with Crippen molar-refractivity contribution >= 4 is 27.6 Å². The van der Waals surface area contributed by atoms with Gasteiger partial charge in [-0.2, -0.15) is 0 Å². The molecule has 1 amide bonds. The molecule has 0 spiro atoms. The van der Waals surface area contributed by atoms with Gasteiger partial charge < -0.3 is 10.6 Å². The van der Waals surface area contributed by atoms with E-state index in [1.165, 1.54) is 29.4 Å². The number of piperidine rings is 1. The van der Waals surface area contributed by atoms with E-state index in [0.717, 1.165) is 31.7 Å². The summed E-state index contributed by atoms with van der Waals surface area (Å²) in [5, 5.41) is 8.84. The highest BCUT2D eigenvalue weighted by atomic mass is 32.2. The molecule has 5 heteroatoms. The number of rotatable bonds is 8. The van der Waals surface area contributed by atoms with Gasteiger partial charge in [-0.1, -0.05) is 47.6 Å². The van der Waals surface area contributed by atoms with Crippen molar-refractivity contribution in [1.29, 1.82) is 0 Å². The normalized spacial score (nSPS) is 16.4. The Kier molecular flexibility index (Phi) is 8.23. The molecule has 1 aliphatic rings. The minimum Gasteiger partial charge on any atom is -0.323 e. The minimum absolute atomic E-state index is 0.00668. The standard InChI is InChI=1S/C24H31N3OS/c1-3-24(28)26-22-10-12-23(13-11-22)29(4-2)27-18-15-21(16-19-27)25-17-14-20-8-6-5-7-9-20/h3-13,21,25H,1,14-19H2,2H3,(H,26,28). The SMILES string of the molecule is C=CC(=O)Nc1ccc(S(=CC)N2CCC(NCCc3ccccc3)CC2)cc1. The van der Waals surface area contributed by atoms with Crippen LogP contribution in [0.4, 0.5) is 5.69 Å². The van der Waals surface area contributed by atoms with Crippen molar-refractivity contribution < 1.29 is 4.79 Å². The molecule has 29 heavy (non-hydrogen) atoms. The number of nitrogens with zero attached hydrogens (tertiary/aromatic N) is 1. The van der Waals surface area contributed by atoms with Crippen molar-refractivity contribution in [3.8, 4) is 0 Å². The molecule has 1 atom stereocenters. The van der Waals surface area contributed by atoms with Gasteiger partial charge in [0.1, 0.15) is 0 Å². The van der Waals surface area contributed by atoms with Gasteiger partial charge in [-0.15, -0.1) is 0 Å². The zero-order valence-electron chi connectivity index (χ0n) is 17.1. The summed E-state index contributed by atoms with van der Waals surface area (Å²) >= 11 is 0. The molecule has 1 saturated heterocycles. The van der Waals surface area contributed by atoms with Crippen LogP contribution in [0.5, 0.6) is 0 Å². The number of amides is 1. The minimum atomic E-state index is -0.180. The third-order valence-electron chi connectivity index (χ3n) is 5.19. The smallest absolute Gasteiger partial charge is 0.247 e. The zero-order chi connectivity index (χ0) is 20.5. The molecular formula is C24H31N3OS. The van der Waals surface area contributed by atoms with E-state index in [1.54, 1.807) is 0 Å². The van der Waals surface area contributed by atoms with Crippen LogP contribution in [0.15, 0.2) is 72.1 Å². The van der Waals surface area contributed by atoms with Crippen molar-refractivity contribution in [2.45, 2.75) is 37.1 Å². The maximum Gasteiger partial charge on any atom is 0.247 e. The van der Waals surface area contributed by atoms with E-state index in [-0.39, 0.29) is 16.6 Å². The molecule has 0 saturated carbocycles. The summed E-state index contributed by atoms with van der Waals surface area (Å²) in [4.78, 5) is 12.7. The second-order valence-electron chi connectivity index (χ2n) is 7.16. The Balaban J connectivity index is 1.48. The van der Waals surface area contributed by atoms with E-state index >= 15 is 0 Å². The molecule has 1 fully saturated rings. The van der Waals surface area contributed by atoms with Gasteiger partial charge in [0.25, 0.3) is 0 Å². The predicted molar refractivity (Wildman–Crippen MR) is 126 cm³/mol. The molecule has 2 N–H and O–H groups in total. The summed E-state index contributed by atoms with van der Waals surface area (Å²) in [7, 11) is -0.00668. The molecule has 0 radical (unpaired) electrons. The fraction of sp³-hybridized carbons (Fsp3) is 0.333. The lowest BCUT2D eigenvalue weighted by Crippen LogP contribution is -2.41. The molecular weight excluding hydrogens is 378 g/mol. The third-order valence-corrected chi connectivity index (χ3v) is 7.32. The topological polar surface area (TPSA) is 44.4 Å². The maximum atomic E-state index is 11.4. The third kappa shape index (κ3) is 6.39. The van der Waals surface area contributed by atoms with Crippen LogP contribution in [-0.4, -0.2) is 41.3 Å². The summed E-state index contributed by atoms with van der Waals surface area (Å²) in [6.07, 6.45) is 4.73. The number of anilines is 1. The number of nitrogens with one attached hydrogen (secondary N) is 2. The van der Waals surface area contributed by atoms with Crippen LogP contribution in [0.25, 0.3) is 0 Å². The highest BCUT2D eigenvalue weighted by Gasteiger charge is 2.21. The fourth-order valence-electron chi connectivity index (χ4n) is 3.63. The second kappa shape index (κ2) is 11.1. The van der Waals surface area contributed by atoms with Gasteiger partial charge in [0.15, 0.2) is 0 Å². The van der Waals surface area contributed by atoms with Gasteiger partial charge in [-0.25, -0.2) is 0 Å². The van der Waals surface area contributed by atoms with E-state index < -0.39 is 0 Å². The molecule has 3 rings (SSSR count). The Labute approximate surface area is 177 Å². The van der Waals surface area contributed by atoms with Crippen molar-refractivity contribution in [2.75, 3.05) is 25.0 Å². The molecule has 0 aliphatic carbocycles. The van der Waals surface area contributed by atoms with Crippen molar-refractivity contribution in [3.05, 3.63) is 72.8 Å². The fourth-order valence-corrected chi connectivity index (χ4v) is 5.51. The molecule has 0 bridgehead atoms. The summed E-state index contributed by atoms with van der Waals surface area (Å²) in [6, 6.07) is 19.5. The average Bonchev–Trinajstić information content (AvgIpc) is 2.77. The first-order valence-electron chi connectivity index (χ1n) is 10.3. The number of carbonyl (C=O) groups is 1. The lowest BCUT2D eigenvalue weighted by atomic mass is 10.1. The quantitative estimate of drug-likeness (QED) is 0.499. The Bertz CT molecular complexity index is 825. The summed E-state index contributed by atoms with van der Waals surface area (Å²) < 4.78 is 2.58. The molecule has 1 unspecified atom stereocenters. The molecule has 154 valence electrons. The highest BCUT2D eigenvalue weighted by Crippen LogP contribution is 2.33. The van der Waals surface area contributed by atoms with Crippen LogP contribution in [0.2, 0.25) is 0 Å². The van der Waals surface area contributed by atoms with E-state index in [9.17, 15) is 4.79 Å². The van der Waals surface area contributed by atoms with Gasteiger partial charge in [-0.3, -0.25) is 9.10 Å². The van der Waals surface area contributed by atoms with Gasteiger partial charge in [0.2, 0.25) is 5.91 Å². The first kappa shape index (κ1) is 21.5. The number of benzene rings is 2. The van der Waals surface area contributed by atoms with Crippen LogP contribution >= 0.6 is 10.7 Å². The Morgan fingerprint density at radius 1 is 1.14 bits per heavy atom. The average molecular weight is 410 g/mol. The molecule has 0 aromatic heterocycles. The largest absolute Gasteiger partial charge is 0.323 e. The lowest BCUT2D eigenvalue weighted by Gasteiger charge is -2.34. The van der Waals surface area contributed by atoms with Crippen molar-refractivity contribution in [1.82, 2.24) is 9.62 Å². The highest BCUT2D eigenvalue weighted by molar-refractivity contribution is 8.13. The van der Waals surface area contributed by atoms with E-state index in [2.05, 4.69) is 76.3 Å².